The smallest absolute Gasteiger partial charge is 0.216 e. The highest BCUT2D eigenvalue weighted by molar-refractivity contribution is 7.73. The van der Waals surface area contributed by atoms with Crippen molar-refractivity contribution in [3.05, 3.63) is 48.5 Å². The summed E-state index contributed by atoms with van der Waals surface area (Å²) in [6.45, 7) is 2.00. The average Bonchev–Trinajstić information content (AvgIpc) is 3.22. The van der Waals surface area contributed by atoms with Gasteiger partial charge in [-0.2, -0.15) is 5.26 Å². The number of nitrogens with two attached hydrogens (primary N) is 1. The highest BCUT2D eigenvalue weighted by atomic mass is 32.1. The largest absolute Gasteiger partial charge is 0.384 e. The van der Waals surface area contributed by atoms with Crippen LogP contribution < -0.4 is 10.6 Å². The Morgan fingerprint density at radius 3 is 2.92 bits per heavy atom. The van der Waals surface area contributed by atoms with Crippen LogP contribution in [0.3, 0.4) is 0 Å². The van der Waals surface area contributed by atoms with Crippen LogP contribution in [0.4, 0.5) is 5.13 Å². The second-order valence-electron chi connectivity index (χ2n) is 6.18. The number of aryl methyl sites for hydroxylation is 1. The standard InChI is InChI=1S/C17H15N5OS3/c1-8-5-6-25-14(8)12-9(7-18)15(19)22(16-20-21-17(24)26-16)10-3-2-4-11(23)13(10)12/h5-6,12H,2-4,19H2,1H3,(H,21,24). The molecule has 1 aliphatic heterocycles. The molecule has 4 rings (SSSR count). The van der Waals surface area contributed by atoms with E-state index in [1.807, 2.05) is 18.4 Å². The maximum Gasteiger partial charge on any atom is 0.216 e. The summed E-state index contributed by atoms with van der Waals surface area (Å²) in [7, 11) is 0. The molecule has 2 aliphatic rings. The van der Waals surface area contributed by atoms with Crippen molar-refractivity contribution in [1.29, 1.82) is 5.26 Å². The Kier molecular flexibility index (Phi) is 4.26. The number of carbonyl (C=O) groups excluding carboxylic acids is 1. The molecule has 2 aromatic heterocycles. The molecule has 6 nitrogen and oxygen atoms in total. The van der Waals surface area contributed by atoms with Gasteiger partial charge in [-0.25, -0.2) is 0 Å². The van der Waals surface area contributed by atoms with E-state index >= 15 is 0 Å². The zero-order valence-corrected chi connectivity index (χ0v) is 16.4. The quantitative estimate of drug-likeness (QED) is 0.741. The number of aromatic nitrogens is 2. The van der Waals surface area contributed by atoms with Crippen molar-refractivity contribution in [3.63, 3.8) is 0 Å². The molecule has 0 radical (unpaired) electrons. The van der Waals surface area contributed by atoms with Crippen LogP contribution in [0.5, 0.6) is 0 Å². The molecule has 0 spiro atoms. The SMILES string of the molecule is Cc1ccsc1C1C(C#N)=C(N)N(c2n[nH]c(=S)s2)C2=C1C(=O)CCC2. The summed E-state index contributed by atoms with van der Waals surface area (Å²) in [6, 6.07) is 4.26. The van der Waals surface area contributed by atoms with Crippen LogP contribution in [0.15, 0.2) is 34.1 Å². The molecule has 1 unspecified atom stereocenters. The van der Waals surface area contributed by atoms with Crippen molar-refractivity contribution in [2.75, 3.05) is 4.90 Å². The molecular weight excluding hydrogens is 386 g/mol. The number of Topliss-reactive ketones (excluding diaryl/α,β-unsaturated/α-hetero) is 1. The Hall–Kier alpha value is -2.28. The van der Waals surface area contributed by atoms with E-state index < -0.39 is 5.92 Å². The third-order valence-corrected chi connectivity index (χ3v) is 6.85. The van der Waals surface area contributed by atoms with Gasteiger partial charge in [0.15, 0.2) is 9.74 Å². The molecule has 3 heterocycles. The fraction of sp³-hybridized carbons (Fsp3) is 0.294. The Bertz CT molecular complexity index is 1060. The van der Waals surface area contributed by atoms with Gasteiger partial charge < -0.3 is 5.73 Å². The molecule has 0 saturated carbocycles. The summed E-state index contributed by atoms with van der Waals surface area (Å²) >= 11 is 7.98. The number of thiophene rings is 1. The fourth-order valence-electron chi connectivity index (χ4n) is 3.56. The van der Waals surface area contributed by atoms with Crippen molar-refractivity contribution in [2.45, 2.75) is 32.1 Å². The maximum atomic E-state index is 12.9. The molecule has 0 aromatic carbocycles. The summed E-state index contributed by atoms with van der Waals surface area (Å²) < 4.78 is 0.520. The Morgan fingerprint density at radius 2 is 2.31 bits per heavy atom. The molecule has 2 aromatic rings. The second kappa shape index (κ2) is 6.46. The summed E-state index contributed by atoms with van der Waals surface area (Å²) in [5.41, 5.74) is 9.41. The molecule has 0 saturated heterocycles. The van der Waals surface area contributed by atoms with Crippen molar-refractivity contribution in [1.82, 2.24) is 10.2 Å². The number of hydrogen-bond donors (Lipinski definition) is 2. The number of nitrogens with one attached hydrogen (secondary N) is 1. The van der Waals surface area contributed by atoms with E-state index in [0.29, 0.717) is 38.9 Å². The Labute approximate surface area is 163 Å². The molecule has 9 heteroatoms. The van der Waals surface area contributed by atoms with Crippen LogP contribution in [0.25, 0.3) is 0 Å². The van der Waals surface area contributed by atoms with E-state index in [-0.39, 0.29) is 5.78 Å². The number of hydrogen-bond acceptors (Lipinski definition) is 8. The molecule has 0 amide bonds. The van der Waals surface area contributed by atoms with E-state index in [2.05, 4.69) is 16.3 Å². The normalized spacial score (nSPS) is 20.4. The Morgan fingerprint density at radius 1 is 1.50 bits per heavy atom. The number of aromatic amines is 1. The number of rotatable bonds is 2. The third-order valence-electron chi connectivity index (χ3n) is 4.70. The van der Waals surface area contributed by atoms with Gasteiger partial charge in [0.25, 0.3) is 0 Å². The number of allylic oxidation sites excluding steroid dienone is 3. The molecule has 1 aliphatic carbocycles. The molecule has 26 heavy (non-hydrogen) atoms. The average molecular weight is 402 g/mol. The minimum Gasteiger partial charge on any atom is -0.384 e. The van der Waals surface area contributed by atoms with E-state index in [0.717, 1.165) is 22.6 Å². The summed E-state index contributed by atoms with van der Waals surface area (Å²) in [5, 5.41) is 19.4. The minimum atomic E-state index is -0.397. The topological polar surface area (TPSA) is 98.8 Å². The third kappa shape index (κ3) is 2.53. The van der Waals surface area contributed by atoms with E-state index in [1.54, 1.807) is 16.2 Å². The molecule has 0 fully saturated rings. The van der Waals surface area contributed by atoms with Gasteiger partial charge in [0.2, 0.25) is 5.13 Å². The number of anilines is 1. The van der Waals surface area contributed by atoms with E-state index in [4.69, 9.17) is 18.0 Å². The maximum absolute atomic E-state index is 12.9. The molecular formula is C17H15N5OS3. The van der Waals surface area contributed by atoms with Crippen molar-refractivity contribution in [3.8, 4) is 6.07 Å². The van der Waals surface area contributed by atoms with E-state index in [9.17, 15) is 10.1 Å². The Balaban J connectivity index is 2.00. The first-order chi connectivity index (χ1) is 12.5. The second-order valence-corrected chi connectivity index (χ2v) is 8.77. The van der Waals surface area contributed by atoms with Crippen molar-refractivity contribution in [2.24, 2.45) is 5.73 Å². The first-order valence-electron chi connectivity index (χ1n) is 8.08. The highest BCUT2D eigenvalue weighted by Crippen LogP contribution is 2.48. The van der Waals surface area contributed by atoms with E-state index in [1.165, 1.54) is 11.3 Å². The molecule has 132 valence electrons. The molecule has 1 atom stereocenters. The van der Waals surface area contributed by atoms with Gasteiger partial charge in [-0.15, -0.1) is 16.4 Å². The number of ketones is 1. The van der Waals surface area contributed by atoms with Gasteiger partial charge in [-0.1, -0.05) is 11.3 Å². The van der Waals surface area contributed by atoms with Gasteiger partial charge in [-0.3, -0.25) is 14.8 Å². The number of nitriles is 1. The minimum absolute atomic E-state index is 0.0773. The van der Waals surface area contributed by atoms with Gasteiger partial charge in [0, 0.05) is 22.6 Å². The fourth-order valence-corrected chi connectivity index (χ4v) is 5.53. The monoisotopic (exact) mass is 401 g/mol. The van der Waals surface area contributed by atoms with Crippen LogP contribution in [0, 0.1) is 22.2 Å². The lowest BCUT2D eigenvalue weighted by Crippen LogP contribution is -2.38. The lowest BCUT2D eigenvalue weighted by Gasteiger charge is -2.37. The van der Waals surface area contributed by atoms with Crippen LogP contribution in [-0.4, -0.2) is 16.0 Å². The van der Waals surface area contributed by atoms with Crippen molar-refractivity contribution >= 4 is 45.8 Å². The van der Waals surface area contributed by atoms with Gasteiger partial charge in [0.05, 0.1) is 17.6 Å². The molecule has 3 N–H and O–H groups in total. The van der Waals surface area contributed by atoms with Gasteiger partial charge in [0.1, 0.15) is 5.82 Å². The first-order valence-corrected chi connectivity index (χ1v) is 10.2. The van der Waals surface area contributed by atoms with Gasteiger partial charge in [-0.05, 0) is 49.0 Å². The lowest BCUT2D eigenvalue weighted by atomic mass is 9.78. The lowest BCUT2D eigenvalue weighted by molar-refractivity contribution is -0.116. The van der Waals surface area contributed by atoms with Crippen LogP contribution in [0.2, 0.25) is 0 Å². The summed E-state index contributed by atoms with van der Waals surface area (Å²) in [4.78, 5) is 15.6. The van der Waals surface area contributed by atoms with Crippen LogP contribution >= 0.6 is 34.9 Å². The molecule has 0 bridgehead atoms. The van der Waals surface area contributed by atoms with Crippen molar-refractivity contribution < 1.29 is 4.79 Å². The van der Waals surface area contributed by atoms with Crippen LogP contribution in [-0.2, 0) is 4.79 Å². The predicted molar refractivity (Wildman–Crippen MR) is 104 cm³/mol. The number of H-pyrrole nitrogens is 1. The highest BCUT2D eigenvalue weighted by Gasteiger charge is 2.41. The summed E-state index contributed by atoms with van der Waals surface area (Å²) in [6.07, 6.45) is 1.96. The predicted octanol–water partition coefficient (Wildman–Crippen LogP) is 3.88. The zero-order chi connectivity index (χ0) is 18.4. The van der Waals surface area contributed by atoms with Crippen LogP contribution in [0.1, 0.15) is 35.6 Å². The zero-order valence-electron chi connectivity index (χ0n) is 13.9. The number of nitrogens with zero attached hydrogens (tertiary/aromatic N) is 3. The number of carbonyl (C=O) groups is 1. The summed E-state index contributed by atoms with van der Waals surface area (Å²) in [5.74, 6) is 0.0101. The first kappa shape index (κ1) is 17.1. The van der Waals surface area contributed by atoms with Gasteiger partial charge >= 0.3 is 0 Å².